The lowest BCUT2D eigenvalue weighted by Gasteiger charge is -2.23. The Morgan fingerprint density at radius 3 is 3.14 bits per heavy atom. The Morgan fingerprint density at radius 2 is 2.38 bits per heavy atom. The molecule has 0 radical (unpaired) electrons. The summed E-state index contributed by atoms with van der Waals surface area (Å²) in [4.78, 5) is 18.5. The molecule has 2 aromatic heterocycles. The lowest BCUT2D eigenvalue weighted by Crippen LogP contribution is -2.30. The molecule has 1 atom stereocenters. The van der Waals surface area contributed by atoms with Gasteiger partial charge in [-0.25, -0.2) is 0 Å². The smallest absolute Gasteiger partial charge is 0.256 e. The van der Waals surface area contributed by atoms with Crippen molar-refractivity contribution in [1.29, 1.82) is 0 Å². The average Bonchev–Trinajstić information content (AvgIpc) is 3.16. The summed E-state index contributed by atoms with van der Waals surface area (Å²) in [5.74, 6) is 1.63. The normalized spacial score (nSPS) is 18.1. The summed E-state index contributed by atoms with van der Waals surface area (Å²) in [6.45, 7) is 1.20. The van der Waals surface area contributed by atoms with Crippen molar-refractivity contribution in [2.24, 2.45) is 0 Å². The summed E-state index contributed by atoms with van der Waals surface area (Å²) < 4.78 is 10.9. The second-order valence-electron chi connectivity index (χ2n) is 5.14. The van der Waals surface area contributed by atoms with Crippen LogP contribution in [0.2, 0.25) is 0 Å². The first-order chi connectivity index (χ1) is 10.3. The first-order valence-corrected chi connectivity index (χ1v) is 7.08. The fourth-order valence-electron chi connectivity index (χ4n) is 2.75. The molecule has 5 heteroatoms. The molecule has 5 nitrogen and oxygen atoms in total. The van der Waals surface area contributed by atoms with E-state index in [1.807, 2.05) is 17.0 Å². The van der Waals surface area contributed by atoms with Gasteiger partial charge in [-0.15, -0.1) is 0 Å². The summed E-state index contributed by atoms with van der Waals surface area (Å²) in [5, 5.41) is 0. The summed E-state index contributed by atoms with van der Waals surface area (Å²) in [6.07, 6.45) is 5.18. The number of pyridine rings is 1. The lowest BCUT2D eigenvalue weighted by atomic mass is 10.1. The fourth-order valence-corrected chi connectivity index (χ4v) is 2.75. The second-order valence-corrected chi connectivity index (χ2v) is 5.14. The number of rotatable bonds is 4. The van der Waals surface area contributed by atoms with E-state index in [0.717, 1.165) is 30.9 Å². The van der Waals surface area contributed by atoms with Crippen LogP contribution < -0.4 is 0 Å². The molecule has 1 fully saturated rings. The Morgan fingerprint density at radius 1 is 1.48 bits per heavy atom. The largest absolute Gasteiger partial charge is 0.461 e. The van der Waals surface area contributed by atoms with Gasteiger partial charge >= 0.3 is 0 Å². The number of carbonyl (C=O) groups is 1. The van der Waals surface area contributed by atoms with Gasteiger partial charge in [-0.1, -0.05) is 0 Å². The van der Waals surface area contributed by atoms with Gasteiger partial charge in [0, 0.05) is 26.0 Å². The Hall–Kier alpha value is -2.14. The highest BCUT2D eigenvalue weighted by molar-refractivity contribution is 5.94. The minimum Gasteiger partial charge on any atom is -0.461 e. The molecular formula is C16H18N2O3. The SMILES string of the molecule is COCc1ccc([C@H]2CCCN2C(=O)c2cccnc2)o1. The molecule has 0 aliphatic carbocycles. The molecule has 1 aliphatic rings. The average molecular weight is 286 g/mol. The maximum Gasteiger partial charge on any atom is 0.256 e. The Bertz CT molecular complexity index is 609. The van der Waals surface area contributed by atoms with Crippen LogP contribution in [0.1, 0.15) is 40.8 Å². The van der Waals surface area contributed by atoms with Crippen LogP contribution in [0.4, 0.5) is 0 Å². The van der Waals surface area contributed by atoms with Gasteiger partial charge in [0.15, 0.2) is 0 Å². The first-order valence-electron chi connectivity index (χ1n) is 7.08. The second kappa shape index (κ2) is 6.10. The minimum absolute atomic E-state index is 0.00307. The molecule has 1 saturated heterocycles. The lowest BCUT2D eigenvalue weighted by molar-refractivity contribution is 0.0715. The number of amides is 1. The number of methoxy groups -OCH3 is 1. The summed E-state index contributed by atoms with van der Waals surface area (Å²) in [6, 6.07) is 7.42. The number of aromatic nitrogens is 1. The van der Waals surface area contributed by atoms with Crippen LogP contribution in [-0.4, -0.2) is 29.4 Å². The molecule has 3 rings (SSSR count). The molecule has 0 unspecified atom stereocenters. The molecule has 21 heavy (non-hydrogen) atoms. The van der Waals surface area contributed by atoms with Crippen LogP contribution in [-0.2, 0) is 11.3 Å². The van der Waals surface area contributed by atoms with Crippen LogP contribution in [0, 0.1) is 0 Å². The topological polar surface area (TPSA) is 55.6 Å². The van der Waals surface area contributed by atoms with Crippen molar-refractivity contribution in [3.63, 3.8) is 0 Å². The molecule has 0 saturated carbocycles. The van der Waals surface area contributed by atoms with E-state index in [0.29, 0.717) is 12.2 Å². The van der Waals surface area contributed by atoms with Crippen molar-refractivity contribution >= 4 is 5.91 Å². The summed E-state index contributed by atoms with van der Waals surface area (Å²) >= 11 is 0. The zero-order chi connectivity index (χ0) is 14.7. The number of likely N-dealkylation sites (tertiary alicyclic amines) is 1. The molecular weight excluding hydrogens is 268 g/mol. The number of furan rings is 1. The Kier molecular flexibility index (Phi) is 4.01. The van der Waals surface area contributed by atoms with Gasteiger partial charge in [0.25, 0.3) is 5.91 Å². The van der Waals surface area contributed by atoms with E-state index in [-0.39, 0.29) is 11.9 Å². The van der Waals surface area contributed by atoms with Crippen molar-refractivity contribution < 1.29 is 13.9 Å². The number of carbonyl (C=O) groups excluding carboxylic acids is 1. The molecule has 0 aromatic carbocycles. The highest BCUT2D eigenvalue weighted by Gasteiger charge is 2.32. The number of hydrogen-bond acceptors (Lipinski definition) is 4. The number of ether oxygens (including phenoxy) is 1. The van der Waals surface area contributed by atoms with Crippen molar-refractivity contribution in [3.8, 4) is 0 Å². The van der Waals surface area contributed by atoms with Crippen molar-refractivity contribution in [3.05, 3.63) is 53.7 Å². The van der Waals surface area contributed by atoms with Crippen LogP contribution in [0.15, 0.2) is 41.1 Å². The third-order valence-corrected chi connectivity index (χ3v) is 3.72. The summed E-state index contributed by atoms with van der Waals surface area (Å²) in [7, 11) is 1.63. The van der Waals surface area contributed by atoms with E-state index in [1.54, 1.807) is 31.6 Å². The van der Waals surface area contributed by atoms with E-state index in [9.17, 15) is 4.79 Å². The Labute approximate surface area is 123 Å². The number of nitrogens with zero attached hydrogens (tertiary/aromatic N) is 2. The van der Waals surface area contributed by atoms with Gasteiger partial charge in [0.05, 0.1) is 11.6 Å². The molecule has 1 aliphatic heterocycles. The quantitative estimate of drug-likeness (QED) is 0.867. The van der Waals surface area contributed by atoms with E-state index < -0.39 is 0 Å². The van der Waals surface area contributed by atoms with Gasteiger partial charge in [0.2, 0.25) is 0 Å². The monoisotopic (exact) mass is 286 g/mol. The number of hydrogen-bond donors (Lipinski definition) is 0. The van der Waals surface area contributed by atoms with Crippen LogP contribution in [0.25, 0.3) is 0 Å². The first kappa shape index (κ1) is 13.8. The van der Waals surface area contributed by atoms with Gasteiger partial charge < -0.3 is 14.1 Å². The van der Waals surface area contributed by atoms with Crippen LogP contribution in [0.3, 0.4) is 0 Å². The van der Waals surface area contributed by atoms with Gasteiger partial charge in [0.1, 0.15) is 18.1 Å². The molecule has 3 heterocycles. The zero-order valence-electron chi connectivity index (χ0n) is 12.0. The molecule has 0 N–H and O–H groups in total. The van der Waals surface area contributed by atoms with Gasteiger partial charge in [-0.3, -0.25) is 9.78 Å². The Balaban J connectivity index is 1.80. The molecule has 0 bridgehead atoms. The maximum absolute atomic E-state index is 12.6. The summed E-state index contributed by atoms with van der Waals surface area (Å²) in [5.41, 5.74) is 0.619. The minimum atomic E-state index is 0.00307. The predicted molar refractivity (Wildman–Crippen MR) is 76.7 cm³/mol. The third-order valence-electron chi connectivity index (χ3n) is 3.72. The highest BCUT2D eigenvalue weighted by Crippen LogP contribution is 2.34. The van der Waals surface area contributed by atoms with Crippen LogP contribution >= 0.6 is 0 Å². The zero-order valence-corrected chi connectivity index (χ0v) is 12.0. The van der Waals surface area contributed by atoms with Gasteiger partial charge in [-0.05, 0) is 37.1 Å². The third kappa shape index (κ3) is 2.83. The molecule has 0 spiro atoms. The van der Waals surface area contributed by atoms with Crippen LogP contribution in [0.5, 0.6) is 0 Å². The van der Waals surface area contributed by atoms with Crippen molar-refractivity contribution in [2.75, 3.05) is 13.7 Å². The molecule has 2 aromatic rings. The predicted octanol–water partition coefficient (Wildman–Crippen LogP) is 2.80. The fraction of sp³-hybridized carbons (Fsp3) is 0.375. The highest BCUT2D eigenvalue weighted by atomic mass is 16.5. The standard InChI is InChI=1S/C16H18N2O3/c1-20-11-13-6-7-15(21-13)14-5-3-9-18(14)16(19)12-4-2-8-17-10-12/h2,4,6-8,10,14H,3,5,9,11H2,1H3/t14-/m1/s1. The van der Waals surface area contributed by atoms with E-state index in [1.165, 1.54) is 0 Å². The molecule has 110 valence electrons. The molecule has 1 amide bonds. The van der Waals surface area contributed by atoms with Crippen molar-refractivity contribution in [2.45, 2.75) is 25.5 Å². The van der Waals surface area contributed by atoms with Gasteiger partial charge in [-0.2, -0.15) is 0 Å². The van der Waals surface area contributed by atoms with E-state index in [4.69, 9.17) is 9.15 Å². The van der Waals surface area contributed by atoms with E-state index >= 15 is 0 Å². The van der Waals surface area contributed by atoms with E-state index in [2.05, 4.69) is 4.98 Å². The van der Waals surface area contributed by atoms with Crippen molar-refractivity contribution in [1.82, 2.24) is 9.88 Å². The maximum atomic E-state index is 12.6.